The molecule has 4 unspecified atom stereocenters. The molecule has 0 saturated carbocycles. The average Bonchev–Trinajstić information content (AvgIpc) is 2.79. The van der Waals surface area contributed by atoms with Gasteiger partial charge in [-0.1, -0.05) is 32.4 Å². The predicted octanol–water partition coefficient (Wildman–Crippen LogP) is 0.232. The molecular formula is C22H34N4O6S. The number of benzene rings is 1. The smallest absolute Gasteiger partial charge is 0.326 e. The number of hydrogen-bond donors (Lipinski definition) is 6. The first-order chi connectivity index (χ1) is 15.6. The van der Waals surface area contributed by atoms with E-state index in [1.807, 2.05) is 13.2 Å². The van der Waals surface area contributed by atoms with E-state index in [2.05, 4.69) is 16.0 Å². The van der Waals surface area contributed by atoms with Gasteiger partial charge in [0.05, 0.1) is 6.54 Å². The zero-order valence-electron chi connectivity index (χ0n) is 19.2. The second-order valence-corrected chi connectivity index (χ2v) is 8.73. The van der Waals surface area contributed by atoms with Crippen molar-refractivity contribution in [1.29, 1.82) is 0 Å². The van der Waals surface area contributed by atoms with Crippen LogP contribution >= 0.6 is 11.8 Å². The number of phenolic OH excluding ortho intramolecular Hbond substituents is 1. The first kappa shape index (κ1) is 28.2. The van der Waals surface area contributed by atoms with E-state index in [4.69, 9.17) is 5.73 Å². The Morgan fingerprint density at radius 3 is 2.15 bits per heavy atom. The van der Waals surface area contributed by atoms with Gasteiger partial charge in [0.1, 0.15) is 23.9 Å². The molecule has 0 saturated heterocycles. The maximum atomic E-state index is 13.1. The number of aliphatic carboxylic acids is 1. The molecule has 0 aliphatic heterocycles. The molecule has 0 spiro atoms. The van der Waals surface area contributed by atoms with Crippen molar-refractivity contribution < 1.29 is 29.4 Å². The summed E-state index contributed by atoms with van der Waals surface area (Å²) in [5.41, 5.74) is 6.00. The largest absolute Gasteiger partial charge is 0.508 e. The SMILES string of the molecule is CCC(C)C(NC(=O)C(Cc1ccc(O)cc1)NC(=O)C(CCSC)NC(=O)CN)C(=O)O. The van der Waals surface area contributed by atoms with E-state index in [-0.39, 0.29) is 24.6 Å². The molecule has 1 rings (SSSR count). The lowest BCUT2D eigenvalue weighted by Gasteiger charge is -2.26. The molecular weight excluding hydrogens is 448 g/mol. The Hall–Kier alpha value is -2.79. The quantitative estimate of drug-likeness (QED) is 0.219. The number of amides is 3. The third-order valence-corrected chi connectivity index (χ3v) is 5.88. The van der Waals surface area contributed by atoms with E-state index in [0.29, 0.717) is 24.2 Å². The van der Waals surface area contributed by atoms with Crippen LogP contribution in [0.1, 0.15) is 32.3 Å². The molecule has 0 aliphatic carbocycles. The monoisotopic (exact) mass is 482 g/mol. The number of carboxylic acids is 1. The van der Waals surface area contributed by atoms with Crippen molar-refractivity contribution in [3.63, 3.8) is 0 Å². The Morgan fingerprint density at radius 1 is 1.03 bits per heavy atom. The van der Waals surface area contributed by atoms with Crippen molar-refractivity contribution in [2.24, 2.45) is 11.7 Å². The van der Waals surface area contributed by atoms with Gasteiger partial charge in [0.2, 0.25) is 17.7 Å². The third-order valence-electron chi connectivity index (χ3n) is 5.23. The maximum absolute atomic E-state index is 13.1. The fourth-order valence-electron chi connectivity index (χ4n) is 3.04. The number of phenols is 1. The van der Waals surface area contributed by atoms with Crippen LogP contribution in [0.2, 0.25) is 0 Å². The number of carbonyl (C=O) groups is 4. The van der Waals surface area contributed by atoms with Crippen LogP contribution < -0.4 is 21.7 Å². The number of carbonyl (C=O) groups excluding carboxylic acids is 3. The lowest BCUT2D eigenvalue weighted by Crippen LogP contribution is -2.57. The summed E-state index contributed by atoms with van der Waals surface area (Å²) in [4.78, 5) is 49.4. The van der Waals surface area contributed by atoms with Gasteiger partial charge in [0.25, 0.3) is 0 Å². The number of carboxylic acid groups (broad SMARTS) is 1. The van der Waals surface area contributed by atoms with Crippen molar-refractivity contribution in [3.05, 3.63) is 29.8 Å². The minimum Gasteiger partial charge on any atom is -0.508 e. The molecule has 0 aromatic heterocycles. The van der Waals surface area contributed by atoms with Gasteiger partial charge in [0, 0.05) is 6.42 Å². The Labute approximate surface area is 198 Å². The van der Waals surface area contributed by atoms with E-state index in [0.717, 1.165) is 0 Å². The molecule has 1 aromatic carbocycles. The molecule has 0 bridgehead atoms. The Bertz CT molecular complexity index is 805. The van der Waals surface area contributed by atoms with Crippen LogP contribution in [0, 0.1) is 5.92 Å². The number of aromatic hydroxyl groups is 1. The minimum atomic E-state index is -1.17. The molecule has 0 aliphatic rings. The van der Waals surface area contributed by atoms with Crippen LogP contribution in [-0.4, -0.2) is 70.6 Å². The second-order valence-electron chi connectivity index (χ2n) is 7.75. The fourth-order valence-corrected chi connectivity index (χ4v) is 3.52. The number of nitrogens with one attached hydrogen (secondary N) is 3. The lowest BCUT2D eigenvalue weighted by atomic mass is 9.98. The van der Waals surface area contributed by atoms with Crippen molar-refractivity contribution in [3.8, 4) is 5.75 Å². The summed E-state index contributed by atoms with van der Waals surface area (Å²) in [6.07, 6.45) is 2.79. The summed E-state index contributed by atoms with van der Waals surface area (Å²) in [5, 5.41) is 26.8. The molecule has 184 valence electrons. The van der Waals surface area contributed by atoms with Gasteiger partial charge in [-0.25, -0.2) is 4.79 Å². The Balaban J connectivity index is 3.12. The van der Waals surface area contributed by atoms with Crippen molar-refractivity contribution in [2.45, 2.75) is 51.2 Å². The summed E-state index contributed by atoms with van der Waals surface area (Å²) in [6.45, 7) is 3.25. The summed E-state index contributed by atoms with van der Waals surface area (Å²) < 4.78 is 0. The summed E-state index contributed by atoms with van der Waals surface area (Å²) in [7, 11) is 0. The van der Waals surface area contributed by atoms with Crippen LogP contribution in [0.4, 0.5) is 0 Å². The fraction of sp³-hybridized carbons (Fsp3) is 0.545. The maximum Gasteiger partial charge on any atom is 0.326 e. The highest BCUT2D eigenvalue weighted by Crippen LogP contribution is 2.13. The molecule has 3 amide bonds. The highest BCUT2D eigenvalue weighted by Gasteiger charge is 2.31. The van der Waals surface area contributed by atoms with Crippen molar-refractivity contribution in [2.75, 3.05) is 18.6 Å². The molecule has 10 nitrogen and oxygen atoms in total. The molecule has 0 heterocycles. The summed E-state index contributed by atoms with van der Waals surface area (Å²) >= 11 is 1.50. The molecule has 0 radical (unpaired) electrons. The number of hydrogen-bond acceptors (Lipinski definition) is 7. The topological polar surface area (TPSA) is 171 Å². The van der Waals surface area contributed by atoms with Crippen LogP contribution in [-0.2, 0) is 25.6 Å². The van der Waals surface area contributed by atoms with Gasteiger partial charge in [-0.2, -0.15) is 11.8 Å². The average molecular weight is 483 g/mol. The molecule has 4 atom stereocenters. The van der Waals surface area contributed by atoms with E-state index >= 15 is 0 Å². The summed E-state index contributed by atoms with van der Waals surface area (Å²) in [5.74, 6) is -2.58. The number of thioether (sulfide) groups is 1. The van der Waals surface area contributed by atoms with E-state index in [1.165, 1.54) is 23.9 Å². The van der Waals surface area contributed by atoms with Crippen LogP contribution in [0.5, 0.6) is 5.75 Å². The number of nitrogens with two attached hydrogens (primary N) is 1. The Morgan fingerprint density at radius 2 is 1.64 bits per heavy atom. The summed E-state index contributed by atoms with van der Waals surface area (Å²) in [6, 6.07) is 3.00. The zero-order chi connectivity index (χ0) is 25.0. The molecule has 0 fully saturated rings. The minimum absolute atomic E-state index is 0.0492. The van der Waals surface area contributed by atoms with E-state index < -0.39 is 41.8 Å². The van der Waals surface area contributed by atoms with Crippen LogP contribution in [0.3, 0.4) is 0 Å². The van der Waals surface area contributed by atoms with Gasteiger partial charge in [-0.15, -0.1) is 0 Å². The predicted molar refractivity (Wildman–Crippen MR) is 127 cm³/mol. The van der Waals surface area contributed by atoms with Crippen LogP contribution in [0.15, 0.2) is 24.3 Å². The molecule has 1 aromatic rings. The standard InChI is InChI=1S/C22H34N4O6S/c1-4-13(2)19(22(31)32)26-21(30)17(11-14-5-7-15(27)8-6-14)25-20(29)16(9-10-33-3)24-18(28)12-23/h5-8,13,16-17,19,27H,4,9-12,23H2,1-3H3,(H,24,28)(H,25,29)(H,26,30)(H,31,32). The molecule has 11 heteroatoms. The zero-order valence-corrected chi connectivity index (χ0v) is 20.0. The third kappa shape index (κ3) is 9.70. The van der Waals surface area contributed by atoms with Gasteiger partial charge in [-0.05, 0) is 42.0 Å². The Kier molecular flexibility index (Phi) is 12.3. The number of rotatable bonds is 14. The second kappa shape index (κ2) is 14.4. The highest BCUT2D eigenvalue weighted by molar-refractivity contribution is 7.98. The normalized spacial score (nSPS) is 14.4. The van der Waals surface area contributed by atoms with E-state index in [9.17, 15) is 29.4 Å². The van der Waals surface area contributed by atoms with Gasteiger partial charge in [0.15, 0.2) is 0 Å². The van der Waals surface area contributed by atoms with Crippen LogP contribution in [0.25, 0.3) is 0 Å². The van der Waals surface area contributed by atoms with Gasteiger partial charge < -0.3 is 31.9 Å². The highest BCUT2D eigenvalue weighted by atomic mass is 32.2. The first-order valence-corrected chi connectivity index (χ1v) is 12.1. The van der Waals surface area contributed by atoms with Crippen molar-refractivity contribution in [1.82, 2.24) is 16.0 Å². The lowest BCUT2D eigenvalue weighted by molar-refractivity contribution is -0.143. The van der Waals surface area contributed by atoms with Gasteiger partial charge in [-0.3, -0.25) is 14.4 Å². The van der Waals surface area contributed by atoms with Crippen molar-refractivity contribution >= 4 is 35.5 Å². The first-order valence-electron chi connectivity index (χ1n) is 10.7. The van der Waals surface area contributed by atoms with E-state index in [1.54, 1.807) is 19.1 Å². The van der Waals surface area contributed by atoms with Gasteiger partial charge >= 0.3 is 5.97 Å². The molecule has 33 heavy (non-hydrogen) atoms. The molecule has 7 N–H and O–H groups in total.